The van der Waals surface area contributed by atoms with Gasteiger partial charge in [0.15, 0.2) is 0 Å². The highest BCUT2D eigenvalue weighted by atomic mass is 35.5. The fraction of sp³-hybridized carbons (Fsp3) is 0.0769. The van der Waals surface area contributed by atoms with Crippen LogP contribution in [0.2, 0.25) is 10.0 Å². The van der Waals surface area contributed by atoms with E-state index in [2.05, 4.69) is 4.72 Å². The molecule has 0 aromatic heterocycles. The van der Waals surface area contributed by atoms with Gasteiger partial charge in [-0.2, -0.15) is 0 Å². The Balaban J connectivity index is 2.38. The van der Waals surface area contributed by atoms with E-state index in [1.807, 2.05) is 0 Å². The van der Waals surface area contributed by atoms with E-state index < -0.39 is 10.0 Å². The largest absolute Gasteiger partial charge is 0.392 e. The number of rotatable bonds is 4. The van der Waals surface area contributed by atoms with Gasteiger partial charge in [-0.25, -0.2) is 8.42 Å². The Labute approximate surface area is 127 Å². The Hall–Kier alpha value is -1.27. The maximum Gasteiger partial charge on any atom is 0.262 e. The molecular formula is C13H11Cl2NO3S. The summed E-state index contributed by atoms with van der Waals surface area (Å²) in [5, 5.41) is 9.79. The van der Waals surface area contributed by atoms with Crippen LogP contribution in [0.3, 0.4) is 0 Å². The van der Waals surface area contributed by atoms with Crippen molar-refractivity contribution in [1.82, 2.24) is 0 Å². The summed E-state index contributed by atoms with van der Waals surface area (Å²) in [5.41, 5.74) is 0.618. The minimum Gasteiger partial charge on any atom is -0.392 e. The second-order valence-corrected chi connectivity index (χ2v) is 6.47. The topological polar surface area (TPSA) is 66.4 Å². The van der Waals surface area contributed by atoms with E-state index in [0.717, 1.165) is 0 Å². The van der Waals surface area contributed by atoms with Gasteiger partial charge in [-0.3, -0.25) is 4.72 Å². The molecule has 0 aliphatic carbocycles. The standard InChI is InChI=1S/C13H11Cl2NO3S/c14-11-6-5-10(7-12(11)15)16-20(18,19)13-4-2-1-3-9(13)8-17/h1-7,16-17H,8H2. The van der Waals surface area contributed by atoms with Crippen LogP contribution in [-0.4, -0.2) is 13.5 Å². The predicted octanol–water partition coefficient (Wildman–Crippen LogP) is 3.29. The van der Waals surface area contributed by atoms with Gasteiger partial charge in [0.25, 0.3) is 10.0 Å². The quantitative estimate of drug-likeness (QED) is 0.903. The summed E-state index contributed by atoms with van der Waals surface area (Å²) in [6.07, 6.45) is 0. The molecule has 0 spiro atoms. The summed E-state index contributed by atoms with van der Waals surface area (Å²) in [6, 6.07) is 10.6. The number of aliphatic hydroxyl groups excluding tert-OH is 1. The maximum absolute atomic E-state index is 12.3. The third-order valence-electron chi connectivity index (χ3n) is 2.60. The Morgan fingerprint density at radius 1 is 1.05 bits per heavy atom. The number of hydrogen-bond acceptors (Lipinski definition) is 3. The first-order chi connectivity index (χ1) is 9.44. The zero-order valence-electron chi connectivity index (χ0n) is 10.2. The van der Waals surface area contributed by atoms with Gasteiger partial charge in [-0.1, -0.05) is 41.4 Å². The summed E-state index contributed by atoms with van der Waals surface area (Å²) >= 11 is 11.6. The number of aliphatic hydroxyl groups is 1. The van der Waals surface area contributed by atoms with Gasteiger partial charge in [0.05, 0.1) is 27.2 Å². The summed E-state index contributed by atoms with van der Waals surface area (Å²) < 4.78 is 27.0. The SMILES string of the molecule is O=S(=O)(Nc1ccc(Cl)c(Cl)c1)c1ccccc1CO. The maximum atomic E-state index is 12.3. The molecular weight excluding hydrogens is 321 g/mol. The highest BCUT2D eigenvalue weighted by Gasteiger charge is 2.18. The van der Waals surface area contributed by atoms with E-state index in [1.54, 1.807) is 18.2 Å². The molecule has 0 amide bonds. The van der Waals surface area contributed by atoms with Crippen LogP contribution >= 0.6 is 23.2 Å². The van der Waals surface area contributed by atoms with Gasteiger partial charge in [0.1, 0.15) is 0 Å². The van der Waals surface area contributed by atoms with Gasteiger partial charge < -0.3 is 5.11 Å². The van der Waals surface area contributed by atoms with Crippen LogP contribution in [-0.2, 0) is 16.6 Å². The monoisotopic (exact) mass is 331 g/mol. The number of hydrogen-bond donors (Lipinski definition) is 2. The lowest BCUT2D eigenvalue weighted by Gasteiger charge is -2.11. The molecule has 7 heteroatoms. The van der Waals surface area contributed by atoms with Crippen molar-refractivity contribution in [2.75, 3.05) is 4.72 Å². The summed E-state index contributed by atoms with van der Waals surface area (Å²) in [7, 11) is -3.80. The Kier molecular flexibility index (Phi) is 4.55. The van der Waals surface area contributed by atoms with Gasteiger partial charge in [0.2, 0.25) is 0 Å². The molecule has 2 N–H and O–H groups in total. The molecule has 2 aromatic carbocycles. The van der Waals surface area contributed by atoms with E-state index >= 15 is 0 Å². The van der Waals surface area contributed by atoms with Gasteiger partial charge >= 0.3 is 0 Å². The third kappa shape index (κ3) is 3.24. The first kappa shape index (κ1) is 15.1. The minimum atomic E-state index is -3.80. The average molecular weight is 332 g/mol. The molecule has 0 unspecified atom stereocenters. The fourth-order valence-electron chi connectivity index (χ4n) is 1.67. The molecule has 4 nitrogen and oxygen atoms in total. The molecule has 0 fully saturated rings. The molecule has 106 valence electrons. The molecule has 0 saturated carbocycles. The van der Waals surface area contributed by atoms with E-state index in [4.69, 9.17) is 23.2 Å². The molecule has 0 heterocycles. The van der Waals surface area contributed by atoms with Crippen LogP contribution in [0.15, 0.2) is 47.4 Å². The van der Waals surface area contributed by atoms with Crippen LogP contribution < -0.4 is 4.72 Å². The van der Waals surface area contributed by atoms with Crippen molar-refractivity contribution in [3.8, 4) is 0 Å². The van der Waals surface area contributed by atoms with E-state index in [9.17, 15) is 13.5 Å². The molecule has 0 aliphatic heterocycles. The smallest absolute Gasteiger partial charge is 0.262 e. The molecule has 0 radical (unpaired) electrons. The lowest BCUT2D eigenvalue weighted by atomic mass is 10.2. The lowest BCUT2D eigenvalue weighted by molar-refractivity contribution is 0.278. The average Bonchev–Trinajstić information content (AvgIpc) is 2.42. The first-order valence-electron chi connectivity index (χ1n) is 5.60. The minimum absolute atomic E-state index is 0.0218. The summed E-state index contributed by atoms with van der Waals surface area (Å²) in [5.74, 6) is 0. The Morgan fingerprint density at radius 2 is 1.75 bits per heavy atom. The van der Waals surface area contributed by atoms with Gasteiger partial charge in [-0.05, 0) is 29.8 Å². The highest BCUT2D eigenvalue weighted by Crippen LogP contribution is 2.27. The molecule has 2 aromatic rings. The van der Waals surface area contributed by atoms with Crippen LogP contribution in [0.5, 0.6) is 0 Å². The highest BCUT2D eigenvalue weighted by molar-refractivity contribution is 7.92. The van der Waals surface area contributed by atoms with Crippen molar-refractivity contribution in [3.05, 3.63) is 58.1 Å². The van der Waals surface area contributed by atoms with Crippen molar-refractivity contribution in [2.24, 2.45) is 0 Å². The lowest BCUT2D eigenvalue weighted by Crippen LogP contribution is -2.15. The zero-order chi connectivity index (χ0) is 14.8. The third-order valence-corrected chi connectivity index (χ3v) is 4.83. The number of anilines is 1. The van der Waals surface area contributed by atoms with E-state index in [1.165, 1.54) is 24.3 Å². The van der Waals surface area contributed by atoms with Crippen LogP contribution in [0.25, 0.3) is 0 Å². The molecule has 0 atom stereocenters. The number of nitrogens with one attached hydrogen (secondary N) is 1. The van der Waals surface area contributed by atoms with Crippen molar-refractivity contribution in [2.45, 2.75) is 11.5 Å². The molecule has 0 bridgehead atoms. The fourth-order valence-corrected chi connectivity index (χ4v) is 3.25. The van der Waals surface area contributed by atoms with Crippen LogP contribution in [0.4, 0.5) is 5.69 Å². The van der Waals surface area contributed by atoms with Crippen molar-refractivity contribution >= 4 is 38.9 Å². The summed E-state index contributed by atoms with van der Waals surface area (Å²) in [4.78, 5) is 0.0218. The van der Waals surface area contributed by atoms with Gasteiger partial charge in [-0.15, -0.1) is 0 Å². The van der Waals surface area contributed by atoms with Crippen LogP contribution in [0.1, 0.15) is 5.56 Å². The van der Waals surface area contributed by atoms with E-state index in [0.29, 0.717) is 16.3 Å². The van der Waals surface area contributed by atoms with Crippen molar-refractivity contribution in [3.63, 3.8) is 0 Å². The number of benzene rings is 2. The number of halogens is 2. The Bertz CT molecular complexity index is 732. The molecule has 2 rings (SSSR count). The zero-order valence-corrected chi connectivity index (χ0v) is 12.5. The second-order valence-electron chi connectivity index (χ2n) is 4.00. The second kappa shape index (κ2) is 6.01. The Morgan fingerprint density at radius 3 is 2.40 bits per heavy atom. The van der Waals surface area contributed by atoms with Crippen LogP contribution in [0, 0.1) is 0 Å². The first-order valence-corrected chi connectivity index (χ1v) is 7.84. The number of sulfonamides is 1. The van der Waals surface area contributed by atoms with Gasteiger partial charge in [0, 0.05) is 0 Å². The predicted molar refractivity (Wildman–Crippen MR) is 79.6 cm³/mol. The van der Waals surface area contributed by atoms with Crippen molar-refractivity contribution in [1.29, 1.82) is 0 Å². The van der Waals surface area contributed by atoms with Crippen molar-refractivity contribution < 1.29 is 13.5 Å². The summed E-state index contributed by atoms with van der Waals surface area (Å²) in [6.45, 7) is -0.363. The molecule has 0 saturated heterocycles. The molecule has 20 heavy (non-hydrogen) atoms. The normalized spacial score (nSPS) is 11.3. The van der Waals surface area contributed by atoms with E-state index in [-0.39, 0.29) is 16.5 Å². The molecule has 0 aliphatic rings.